The van der Waals surface area contributed by atoms with Gasteiger partial charge in [-0.1, -0.05) is 37.3 Å². The van der Waals surface area contributed by atoms with E-state index in [1.165, 1.54) is 0 Å². The van der Waals surface area contributed by atoms with Crippen molar-refractivity contribution >= 4 is 5.97 Å². The Labute approximate surface area is 153 Å². The highest BCUT2D eigenvalue weighted by Gasteiger charge is 2.48. The standard InChI is InChI=1S/C21H24O5/c1-3-21(18(13-22)17-7-5-6-8-19(17)26-21)15-9-11-16(12-10-15)25-14-20(23)24-4-2/h5-12,18,22H,3-4,13-14H2,1-2H3. The van der Waals surface area contributed by atoms with Crippen molar-refractivity contribution in [3.8, 4) is 11.5 Å². The number of fused-ring (bicyclic) bond motifs is 1. The molecule has 1 aliphatic rings. The van der Waals surface area contributed by atoms with Crippen LogP contribution in [0.1, 0.15) is 37.3 Å². The molecule has 5 nitrogen and oxygen atoms in total. The van der Waals surface area contributed by atoms with Crippen LogP contribution in [0.4, 0.5) is 0 Å². The van der Waals surface area contributed by atoms with Crippen molar-refractivity contribution in [2.24, 2.45) is 0 Å². The lowest BCUT2D eigenvalue weighted by molar-refractivity contribution is -0.145. The zero-order valence-corrected chi connectivity index (χ0v) is 15.1. The van der Waals surface area contributed by atoms with E-state index < -0.39 is 11.6 Å². The van der Waals surface area contributed by atoms with Crippen molar-refractivity contribution in [3.05, 3.63) is 59.7 Å². The number of rotatable bonds is 7. The van der Waals surface area contributed by atoms with Crippen LogP contribution >= 0.6 is 0 Å². The number of ether oxygens (including phenoxy) is 3. The molecule has 2 aromatic carbocycles. The molecule has 138 valence electrons. The minimum Gasteiger partial charge on any atom is -0.482 e. The predicted molar refractivity (Wildman–Crippen MR) is 97.4 cm³/mol. The Morgan fingerprint density at radius 1 is 1.15 bits per heavy atom. The van der Waals surface area contributed by atoms with E-state index in [9.17, 15) is 9.90 Å². The summed E-state index contributed by atoms with van der Waals surface area (Å²) in [5.74, 6) is 0.881. The molecular formula is C21H24O5. The fourth-order valence-electron chi connectivity index (χ4n) is 3.59. The molecule has 0 saturated heterocycles. The molecule has 0 spiro atoms. The van der Waals surface area contributed by atoms with Gasteiger partial charge in [0.1, 0.15) is 17.1 Å². The summed E-state index contributed by atoms with van der Waals surface area (Å²) >= 11 is 0. The minimum atomic E-state index is -0.613. The van der Waals surface area contributed by atoms with E-state index in [1.54, 1.807) is 6.92 Å². The van der Waals surface area contributed by atoms with Crippen LogP contribution in [0, 0.1) is 0 Å². The molecule has 1 heterocycles. The van der Waals surface area contributed by atoms with Crippen LogP contribution in [0.25, 0.3) is 0 Å². The van der Waals surface area contributed by atoms with Gasteiger partial charge in [0.25, 0.3) is 0 Å². The van der Waals surface area contributed by atoms with Crippen molar-refractivity contribution in [2.45, 2.75) is 31.8 Å². The second-order valence-corrected chi connectivity index (χ2v) is 6.24. The lowest BCUT2D eigenvalue weighted by Gasteiger charge is -2.33. The summed E-state index contributed by atoms with van der Waals surface area (Å²) < 4.78 is 16.6. The van der Waals surface area contributed by atoms with Crippen molar-refractivity contribution in [1.82, 2.24) is 0 Å². The summed E-state index contributed by atoms with van der Waals surface area (Å²) in [6.07, 6.45) is 0.718. The molecule has 2 aromatic rings. The number of hydrogen-bond acceptors (Lipinski definition) is 5. The molecule has 0 saturated carbocycles. The van der Waals surface area contributed by atoms with Crippen LogP contribution in [-0.2, 0) is 15.1 Å². The van der Waals surface area contributed by atoms with Gasteiger partial charge in [0.05, 0.1) is 19.1 Å². The Hall–Kier alpha value is -2.53. The normalized spacial score (nSPS) is 21.0. The first-order chi connectivity index (χ1) is 12.6. The van der Waals surface area contributed by atoms with Gasteiger partial charge >= 0.3 is 5.97 Å². The van der Waals surface area contributed by atoms with E-state index in [4.69, 9.17) is 14.2 Å². The highest BCUT2D eigenvalue weighted by Crippen LogP contribution is 2.52. The zero-order valence-electron chi connectivity index (χ0n) is 15.1. The van der Waals surface area contributed by atoms with Crippen molar-refractivity contribution in [1.29, 1.82) is 0 Å². The number of aliphatic hydroxyl groups excluding tert-OH is 1. The smallest absolute Gasteiger partial charge is 0.344 e. The first-order valence-corrected chi connectivity index (χ1v) is 8.92. The molecule has 0 aliphatic carbocycles. The van der Waals surface area contributed by atoms with E-state index in [0.29, 0.717) is 12.4 Å². The lowest BCUT2D eigenvalue weighted by Crippen LogP contribution is -2.36. The average molecular weight is 356 g/mol. The number of benzene rings is 2. The molecule has 0 amide bonds. The molecule has 2 unspecified atom stereocenters. The average Bonchev–Trinajstić information content (AvgIpc) is 3.01. The fourth-order valence-corrected chi connectivity index (χ4v) is 3.59. The Balaban J connectivity index is 1.82. The van der Waals surface area contributed by atoms with E-state index in [2.05, 4.69) is 6.92 Å². The Morgan fingerprint density at radius 2 is 1.88 bits per heavy atom. The molecule has 0 radical (unpaired) electrons. The number of aliphatic hydroxyl groups is 1. The molecule has 0 bridgehead atoms. The van der Waals surface area contributed by atoms with E-state index in [0.717, 1.165) is 23.3 Å². The third-order valence-corrected chi connectivity index (χ3v) is 4.86. The fraction of sp³-hybridized carbons (Fsp3) is 0.381. The first-order valence-electron chi connectivity index (χ1n) is 8.92. The topological polar surface area (TPSA) is 65.0 Å². The Kier molecular flexibility index (Phi) is 5.47. The molecular weight excluding hydrogens is 332 g/mol. The minimum absolute atomic E-state index is 0.00592. The van der Waals surface area contributed by atoms with E-state index in [1.807, 2.05) is 48.5 Å². The van der Waals surface area contributed by atoms with Crippen LogP contribution in [0.3, 0.4) is 0 Å². The molecule has 0 aromatic heterocycles. The summed E-state index contributed by atoms with van der Waals surface area (Å²) in [7, 11) is 0. The largest absolute Gasteiger partial charge is 0.482 e. The van der Waals surface area contributed by atoms with Crippen LogP contribution < -0.4 is 9.47 Å². The lowest BCUT2D eigenvalue weighted by atomic mass is 9.78. The third-order valence-electron chi connectivity index (χ3n) is 4.86. The highest BCUT2D eigenvalue weighted by molar-refractivity contribution is 5.71. The summed E-state index contributed by atoms with van der Waals surface area (Å²) in [6, 6.07) is 15.3. The molecule has 3 rings (SSSR count). The predicted octanol–water partition coefficient (Wildman–Crippen LogP) is 3.40. The quantitative estimate of drug-likeness (QED) is 0.770. The van der Waals surface area contributed by atoms with Crippen molar-refractivity contribution in [2.75, 3.05) is 19.8 Å². The van der Waals surface area contributed by atoms with Gasteiger partial charge in [-0.25, -0.2) is 4.79 Å². The summed E-state index contributed by atoms with van der Waals surface area (Å²) in [6.45, 7) is 4.04. The molecule has 1 N–H and O–H groups in total. The molecule has 1 aliphatic heterocycles. The SMILES string of the molecule is CCOC(=O)COc1ccc(C2(CC)Oc3ccccc3C2CO)cc1. The van der Waals surface area contributed by atoms with Crippen molar-refractivity contribution in [3.63, 3.8) is 0 Å². The maximum absolute atomic E-state index is 11.4. The third kappa shape index (κ3) is 3.27. The second kappa shape index (κ2) is 7.79. The van der Waals surface area contributed by atoms with Crippen LogP contribution in [-0.4, -0.2) is 30.9 Å². The van der Waals surface area contributed by atoms with Gasteiger partial charge in [0.15, 0.2) is 6.61 Å². The van der Waals surface area contributed by atoms with Gasteiger partial charge in [0, 0.05) is 5.56 Å². The number of esters is 1. The van der Waals surface area contributed by atoms with E-state index in [-0.39, 0.29) is 19.1 Å². The Morgan fingerprint density at radius 3 is 2.54 bits per heavy atom. The second-order valence-electron chi connectivity index (χ2n) is 6.24. The van der Waals surface area contributed by atoms with Gasteiger partial charge in [-0.05, 0) is 37.1 Å². The van der Waals surface area contributed by atoms with Gasteiger partial charge in [-0.3, -0.25) is 0 Å². The van der Waals surface area contributed by atoms with Gasteiger partial charge in [0.2, 0.25) is 0 Å². The maximum Gasteiger partial charge on any atom is 0.344 e. The molecule has 5 heteroatoms. The molecule has 2 atom stereocenters. The number of para-hydroxylation sites is 1. The van der Waals surface area contributed by atoms with Gasteiger partial charge in [-0.15, -0.1) is 0 Å². The number of hydrogen-bond donors (Lipinski definition) is 1. The maximum atomic E-state index is 11.4. The van der Waals surface area contributed by atoms with Crippen LogP contribution in [0.2, 0.25) is 0 Å². The van der Waals surface area contributed by atoms with Gasteiger partial charge < -0.3 is 19.3 Å². The van der Waals surface area contributed by atoms with Crippen molar-refractivity contribution < 1.29 is 24.1 Å². The molecule has 0 fully saturated rings. The summed E-state index contributed by atoms with van der Waals surface area (Å²) in [5, 5.41) is 10.0. The van der Waals surface area contributed by atoms with Gasteiger partial charge in [-0.2, -0.15) is 0 Å². The first kappa shape index (κ1) is 18.3. The van der Waals surface area contributed by atoms with Crippen LogP contribution in [0.5, 0.6) is 11.5 Å². The van der Waals surface area contributed by atoms with Crippen LogP contribution in [0.15, 0.2) is 48.5 Å². The molecule has 26 heavy (non-hydrogen) atoms. The highest BCUT2D eigenvalue weighted by atomic mass is 16.6. The summed E-state index contributed by atoms with van der Waals surface area (Å²) in [5.41, 5.74) is 1.39. The monoisotopic (exact) mass is 356 g/mol. The van der Waals surface area contributed by atoms with E-state index >= 15 is 0 Å². The summed E-state index contributed by atoms with van der Waals surface area (Å²) in [4.78, 5) is 11.4. The number of carbonyl (C=O) groups excluding carboxylic acids is 1. The number of carbonyl (C=O) groups is 1. The zero-order chi connectivity index (χ0) is 18.6. The Bertz CT molecular complexity index is 755.